The van der Waals surface area contributed by atoms with Crippen molar-refractivity contribution in [3.63, 3.8) is 0 Å². The first-order chi connectivity index (χ1) is 10.5. The quantitative estimate of drug-likeness (QED) is 0.866. The van der Waals surface area contributed by atoms with E-state index in [0.717, 1.165) is 11.5 Å². The number of piperidine rings is 1. The zero-order valence-electron chi connectivity index (χ0n) is 12.8. The maximum Gasteiger partial charge on any atom is 0.246 e. The Kier molecular flexibility index (Phi) is 4.05. The normalized spacial score (nSPS) is 25.6. The van der Waals surface area contributed by atoms with Crippen LogP contribution in [0.4, 0.5) is 0 Å². The van der Waals surface area contributed by atoms with Crippen LogP contribution < -0.4 is 5.73 Å². The molecule has 118 valence electrons. The monoisotopic (exact) mass is 302 g/mol. The first kappa shape index (κ1) is 14.9. The Morgan fingerprint density at radius 2 is 2.00 bits per heavy atom. The summed E-state index contributed by atoms with van der Waals surface area (Å²) in [5.74, 6) is 2.58. The van der Waals surface area contributed by atoms with E-state index in [9.17, 15) is 9.59 Å². The van der Waals surface area contributed by atoms with E-state index in [4.69, 9.17) is 10.2 Å². The molecule has 5 nitrogen and oxygen atoms in total. The summed E-state index contributed by atoms with van der Waals surface area (Å²) in [5, 5.41) is 0. The fourth-order valence-corrected chi connectivity index (χ4v) is 3.02. The minimum Gasteiger partial charge on any atom is -0.461 e. The Hall–Kier alpha value is -2.04. The van der Waals surface area contributed by atoms with E-state index in [0.29, 0.717) is 37.8 Å². The molecule has 0 bridgehead atoms. The second kappa shape index (κ2) is 5.99. The lowest BCUT2D eigenvalue weighted by Gasteiger charge is -2.29. The van der Waals surface area contributed by atoms with Gasteiger partial charge in [0.25, 0.3) is 0 Å². The molecule has 22 heavy (non-hydrogen) atoms. The summed E-state index contributed by atoms with van der Waals surface area (Å²) in [6, 6.07) is 3.90. The van der Waals surface area contributed by atoms with Crippen molar-refractivity contribution in [1.82, 2.24) is 4.90 Å². The number of nitrogens with zero attached hydrogens (tertiary/aromatic N) is 1. The fourth-order valence-electron chi connectivity index (χ4n) is 3.02. The second-order valence-corrected chi connectivity index (χ2v) is 6.39. The topological polar surface area (TPSA) is 76.5 Å². The molecule has 2 fully saturated rings. The molecule has 2 N–H and O–H groups in total. The molecular formula is C17H22N2O3. The molecule has 0 spiro atoms. The molecule has 5 heteroatoms. The minimum absolute atomic E-state index is 0.0411. The summed E-state index contributed by atoms with van der Waals surface area (Å²) in [6.07, 6.45) is 5.76. The van der Waals surface area contributed by atoms with Crippen molar-refractivity contribution in [2.75, 3.05) is 13.1 Å². The van der Waals surface area contributed by atoms with Crippen LogP contribution in [0, 0.1) is 11.8 Å². The fraction of sp³-hybridized carbons (Fsp3) is 0.529. The molecule has 3 rings (SSSR count). The number of hydrogen-bond acceptors (Lipinski definition) is 3. The summed E-state index contributed by atoms with van der Waals surface area (Å²) < 4.78 is 5.75. The van der Waals surface area contributed by atoms with Crippen LogP contribution in [0.2, 0.25) is 0 Å². The zero-order valence-corrected chi connectivity index (χ0v) is 12.8. The molecule has 1 aliphatic carbocycles. The molecule has 2 heterocycles. The average Bonchev–Trinajstić information content (AvgIpc) is 3.06. The standard InChI is InChI=1S/C17H22N2O3/c1-11-10-14(11)15-4-2-13(22-15)3-5-16(20)19-8-6-12(7-9-19)17(18)21/h2-5,11-12,14H,6-10H2,1H3,(H2,18,21)/b5-3+/t11-,14+/m1/s1. The number of carbonyl (C=O) groups is 2. The van der Waals surface area contributed by atoms with Gasteiger partial charge >= 0.3 is 0 Å². The van der Waals surface area contributed by atoms with Gasteiger partial charge in [-0.25, -0.2) is 0 Å². The highest BCUT2D eigenvalue weighted by Crippen LogP contribution is 2.47. The SMILES string of the molecule is C[C@@H]1C[C@@H]1c1ccc(/C=C/C(=O)N2CCC(C(N)=O)CC2)o1. The third-order valence-electron chi connectivity index (χ3n) is 4.72. The van der Waals surface area contributed by atoms with Crippen molar-refractivity contribution in [3.8, 4) is 0 Å². The van der Waals surface area contributed by atoms with E-state index in [1.54, 1.807) is 17.1 Å². The summed E-state index contributed by atoms with van der Waals surface area (Å²) >= 11 is 0. The number of carbonyl (C=O) groups excluding carboxylic acids is 2. The lowest BCUT2D eigenvalue weighted by molar-refractivity contribution is -0.130. The van der Waals surface area contributed by atoms with Crippen LogP contribution in [-0.4, -0.2) is 29.8 Å². The van der Waals surface area contributed by atoms with Crippen molar-refractivity contribution >= 4 is 17.9 Å². The van der Waals surface area contributed by atoms with Crippen LogP contribution in [0.5, 0.6) is 0 Å². The highest BCUT2D eigenvalue weighted by Gasteiger charge is 2.36. The average molecular weight is 302 g/mol. The molecular weight excluding hydrogens is 280 g/mol. The van der Waals surface area contributed by atoms with Gasteiger partial charge in [-0.1, -0.05) is 6.92 Å². The van der Waals surface area contributed by atoms with Crippen LogP contribution in [0.15, 0.2) is 22.6 Å². The predicted octanol–water partition coefficient (Wildman–Crippen LogP) is 2.14. The Morgan fingerprint density at radius 3 is 2.59 bits per heavy atom. The van der Waals surface area contributed by atoms with Crippen LogP contribution in [-0.2, 0) is 9.59 Å². The summed E-state index contributed by atoms with van der Waals surface area (Å²) in [5.41, 5.74) is 5.30. The summed E-state index contributed by atoms with van der Waals surface area (Å²) in [7, 11) is 0. The van der Waals surface area contributed by atoms with Crippen LogP contribution in [0.1, 0.15) is 43.6 Å². The molecule has 0 unspecified atom stereocenters. The van der Waals surface area contributed by atoms with E-state index in [2.05, 4.69) is 6.92 Å². The van der Waals surface area contributed by atoms with Gasteiger partial charge in [0.05, 0.1) is 0 Å². The first-order valence-corrected chi connectivity index (χ1v) is 7.90. The van der Waals surface area contributed by atoms with Crippen LogP contribution >= 0.6 is 0 Å². The molecule has 1 aliphatic heterocycles. The van der Waals surface area contributed by atoms with Gasteiger partial charge in [-0.3, -0.25) is 9.59 Å². The lowest BCUT2D eigenvalue weighted by atomic mass is 9.96. The smallest absolute Gasteiger partial charge is 0.246 e. The molecule has 1 saturated heterocycles. The number of likely N-dealkylation sites (tertiary alicyclic amines) is 1. The first-order valence-electron chi connectivity index (χ1n) is 7.90. The van der Waals surface area contributed by atoms with Crippen molar-refractivity contribution in [2.45, 2.75) is 32.1 Å². The van der Waals surface area contributed by atoms with Gasteiger partial charge in [-0.2, -0.15) is 0 Å². The molecule has 1 aromatic heterocycles. The van der Waals surface area contributed by atoms with E-state index < -0.39 is 0 Å². The van der Waals surface area contributed by atoms with Gasteiger partial charge in [-0.15, -0.1) is 0 Å². The number of hydrogen-bond donors (Lipinski definition) is 1. The predicted molar refractivity (Wildman–Crippen MR) is 82.8 cm³/mol. The van der Waals surface area contributed by atoms with Gasteiger partial charge in [0, 0.05) is 31.0 Å². The highest BCUT2D eigenvalue weighted by molar-refractivity contribution is 5.91. The Balaban J connectivity index is 1.53. The Labute approximate surface area is 130 Å². The van der Waals surface area contributed by atoms with Gasteiger partial charge in [-0.05, 0) is 43.4 Å². The van der Waals surface area contributed by atoms with Crippen molar-refractivity contribution < 1.29 is 14.0 Å². The molecule has 2 atom stereocenters. The maximum atomic E-state index is 12.1. The number of primary amides is 1. The van der Waals surface area contributed by atoms with Gasteiger partial charge in [0.1, 0.15) is 11.5 Å². The Bertz CT molecular complexity index is 597. The summed E-state index contributed by atoms with van der Waals surface area (Å²) in [4.78, 5) is 25.0. The lowest BCUT2D eigenvalue weighted by Crippen LogP contribution is -2.41. The number of amides is 2. The zero-order chi connectivity index (χ0) is 15.7. The molecule has 0 radical (unpaired) electrons. The van der Waals surface area contributed by atoms with E-state index in [1.807, 2.05) is 12.1 Å². The third kappa shape index (κ3) is 3.24. The minimum atomic E-state index is -0.264. The second-order valence-electron chi connectivity index (χ2n) is 6.39. The largest absolute Gasteiger partial charge is 0.461 e. The van der Waals surface area contributed by atoms with E-state index >= 15 is 0 Å². The number of rotatable bonds is 4. The van der Waals surface area contributed by atoms with Crippen molar-refractivity contribution in [2.24, 2.45) is 17.6 Å². The van der Waals surface area contributed by atoms with Crippen LogP contribution in [0.25, 0.3) is 6.08 Å². The molecule has 1 aromatic rings. The van der Waals surface area contributed by atoms with E-state index in [-0.39, 0.29) is 17.7 Å². The number of furan rings is 1. The van der Waals surface area contributed by atoms with Crippen molar-refractivity contribution in [3.05, 3.63) is 29.7 Å². The van der Waals surface area contributed by atoms with Gasteiger partial charge in [0.15, 0.2) is 0 Å². The molecule has 2 amide bonds. The van der Waals surface area contributed by atoms with Crippen molar-refractivity contribution in [1.29, 1.82) is 0 Å². The van der Waals surface area contributed by atoms with Gasteiger partial charge < -0.3 is 15.1 Å². The third-order valence-corrected chi connectivity index (χ3v) is 4.72. The maximum absolute atomic E-state index is 12.1. The van der Waals surface area contributed by atoms with E-state index in [1.165, 1.54) is 6.42 Å². The summed E-state index contributed by atoms with van der Waals surface area (Å²) in [6.45, 7) is 3.38. The number of nitrogens with two attached hydrogens (primary N) is 1. The Morgan fingerprint density at radius 1 is 1.32 bits per heavy atom. The molecule has 2 aliphatic rings. The molecule has 1 saturated carbocycles. The molecule has 0 aromatic carbocycles. The highest BCUT2D eigenvalue weighted by atomic mass is 16.3. The van der Waals surface area contributed by atoms with Gasteiger partial charge in [0.2, 0.25) is 11.8 Å². The van der Waals surface area contributed by atoms with Crippen LogP contribution in [0.3, 0.4) is 0 Å².